The molecule has 0 atom stereocenters. The summed E-state index contributed by atoms with van der Waals surface area (Å²) in [4.78, 5) is 3.52. The van der Waals surface area contributed by atoms with Crippen molar-refractivity contribution < 1.29 is 13.0 Å². The minimum atomic E-state index is -0.609. The maximum Gasteiger partial charge on any atom is 0.213 e. The molecule has 0 amide bonds. The number of hydrogen-bond donors (Lipinski definition) is 0. The van der Waals surface area contributed by atoms with E-state index in [1.165, 1.54) is 12.3 Å². The van der Waals surface area contributed by atoms with Gasteiger partial charge in [0.05, 0.1) is 11.6 Å². The molecule has 0 saturated heterocycles. The number of nitrogens with zero attached hydrogens (tertiary/aromatic N) is 3. The van der Waals surface area contributed by atoms with Crippen molar-refractivity contribution in [1.29, 1.82) is 0 Å². The van der Waals surface area contributed by atoms with E-state index in [1.807, 2.05) is 13.8 Å². The highest BCUT2D eigenvalue weighted by Crippen LogP contribution is 2.33. The molecule has 22 heavy (non-hydrogen) atoms. The lowest BCUT2D eigenvalue weighted by atomic mass is 10.1. The highest BCUT2D eigenvalue weighted by atomic mass is 32.2. The summed E-state index contributed by atoms with van der Waals surface area (Å²) in [5.74, 6) is 0.0457. The molecule has 0 spiro atoms. The first-order chi connectivity index (χ1) is 10.6. The van der Waals surface area contributed by atoms with E-state index in [-0.39, 0.29) is 18.4 Å². The molecule has 4 nitrogen and oxygen atoms in total. The van der Waals surface area contributed by atoms with Crippen molar-refractivity contribution in [3.05, 3.63) is 42.5 Å². The third-order valence-corrected chi connectivity index (χ3v) is 3.47. The van der Waals surface area contributed by atoms with Gasteiger partial charge in [-0.05, 0) is 38.1 Å². The second kappa shape index (κ2) is 5.92. The van der Waals surface area contributed by atoms with Gasteiger partial charge >= 0.3 is 0 Å². The summed E-state index contributed by atoms with van der Waals surface area (Å²) in [5, 5.41) is 4.88. The van der Waals surface area contributed by atoms with Crippen LogP contribution < -0.4 is 4.74 Å². The van der Waals surface area contributed by atoms with E-state index in [1.54, 1.807) is 24.3 Å². The lowest BCUT2D eigenvalue weighted by Gasteiger charge is -2.09. The molecule has 0 radical (unpaired) electrons. The molecule has 114 valence electrons. The Morgan fingerprint density at radius 2 is 2.05 bits per heavy atom. The Morgan fingerprint density at radius 1 is 1.23 bits per heavy atom. The van der Waals surface area contributed by atoms with Crippen LogP contribution in [0.4, 0.5) is 8.28 Å². The van der Waals surface area contributed by atoms with Crippen LogP contribution in [0.25, 0.3) is 22.2 Å². The second-order valence-corrected chi connectivity index (χ2v) is 5.49. The minimum Gasteiger partial charge on any atom is -0.491 e. The maximum absolute atomic E-state index is 13.3. The SMILES string of the molecule is CC(C)Oc1ccc2c(c1)c(-c1ccnc(F)c1)nn2SF. The zero-order valence-corrected chi connectivity index (χ0v) is 12.8. The van der Waals surface area contributed by atoms with Gasteiger partial charge < -0.3 is 4.74 Å². The van der Waals surface area contributed by atoms with Crippen molar-refractivity contribution in [3.8, 4) is 17.0 Å². The normalized spacial score (nSPS) is 11.3. The number of halogens is 2. The molecule has 3 rings (SSSR count). The van der Waals surface area contributed by atoms with E-state index in [0.29, 0.717) is 27.9 Å². The van der Waals surface area contributed by atoms with Crippen molar-refractivity contribution in [3.63, 3.8) is 0 Å². The number of aromatic nitrogens is 3. The predicted octanol–water partition coefficient (Wildman–Crippen LogP) is 4.41. The fraction of sp³-hybridized carbons (Fsp3) is 0.200. The zero-order valence-electron chi connectivity index (χ0n) is 12.0. The molecular formula is C15H13F2N3OS. The quantitative estimate of drug-likeness (QED) is 0.668. The van der Waals surface area contributed by atoms with Gasteiger partial charge in [0.1, 0.15) is 11.4 Å². The van der Waals surface area contributed by atoms with Gasteiger partial charge in [-0.3, -0.25) is 0 Å². The molecule has 3 aromatic rings. The summed E-state index contributed by atoms with van der Waals surface area (Å²) in [6, 6.07) is 8.17. The molecule has 0 bridgehead atoms. The first-order valence-electron chi connectivity index (χ1n) is 6.69. The van der Waals surface area contributed by atoms with Crippen molar-refractivity contribution in [1.82, 2.24) is 14.2 Å². The van der Waals surface area contributed by atoms with Crippen molar-refractivity contribution in [2.24, 2.45) is 0 Å². The summed E-state index contributed by atoms with van der Waals surface area (Å²) in [5.41, 5.74) is 1.61. The topological polar surface area (TPSA) is 39.9 Å². The van der Waals surface area contributed by atoms with Crippen LogP contribution in [0.5, 0.6) is 5.75 Å². The number of ether oxygens (including phenoxy) is 1. The molecule has 1 aromatic carbocycles. The lowest BCUT2D eigenvalue weighted by Crippen LogP contribution is -2.05. The molecule has 0 aliphatic heterocycles. The van der Waals surface area contributed by atoms with Gasteiger partial charge in [0.25, 0.3) is 0 Å². The molecule has 0 aliphatic carbocycles. The second-order valence-electron chi connectivity index (χ2n) is 5.00. The van der Waals surface area contributed by atoms with Crippen LogP contribution in [-0.2, 0) is 0 Å². The average Bonchev–Trinajstić information content (AvgIpc) is 2.84. The standard InChI is InChI=1S/C15H13F2N3OS/c1-9(2)21-11-3-4-13-12(8-11)15(19-20(13)22-17)10-5-6-18-14(16)7-10/h3-9H,1-2H3. The van der Waals surface area contributed by atoms with Gasteiger partial charge in [-0.25, -0.2) is 4.98 Å². The van der Waals surface area contributed by atoms with E-state index in [2.05, 4.69) is 10.1 Å². The first-order valence-corrected chi connectivity index (χ1v) is 7.36. The number of pyridine rings is 1. The Kier molecular flexibility index (Phi) is 3.98. The predicted molar refractivity (Wildman–Crippen MR) is 82.8 cm³/mol. The van der Waals surface area contributed by atoms with Gasteiger partial charge in [0, 0.05) is 23.2 Å². The van der Waals surface area contributed by atoms with Gasteiger partial charge in [0.15, 0.2) is 12.3 Å². The summed E-state index contributed by atoms with van der Waals surface area (Å²) < 4.78 is 33.2. The monoisotopic (exact) mass is 321 g/mol. The Bertz CT molecular complexity index is 820. The fourth-order valence-corrected chi connectivity index (χ4v) is 2.58. The Morgan fingerprint density at radius 3 is 2.73 bits per heavy atom. The van der Waals surface area contributed by atoms with E-state index in [0.717, 1.165) is 4.09 Å². The van der Waals surface area contributed by atoms with Crippen LogP contribution >= 0.6 is 12.3 Å². The number of fused-ring (bicyclic) bond motifs is 1. The van der Waals surface area contributed by atoms with Crippen LogP contribution in [0.1, 0.15) is 13.8 Å². The van der Waals surface area contributed by atoms with Crippen LogP contribution in [0.2, 0.25) is 0 Å². The third kappa shape index (κ3) is 2.76. The van der Waals surface area contributed by atoms with Gasteiger partial charge in [-0.2, -0.15) is 13.6 Å². The fourth-order valence-electron chi connectivity index (χ4n) is 2.23. The molecular weight excluding hydrogens is 308 g/mol. The molecule has 0 N–H and O–H groups in total. The Hall–Kier alpha value is -2.15. The molecule has 0 unspecified atom stereocenters. The average molecular weight is 321 g/mol. The van der Waals surface area contributed by atoms with E-state index in [9.17, 15) is 8.28 Å². The molecule has 2 heterocycles. The van der Waals surface area contributed by atoms with E-state index >= 15 is 0 Å². The molecule has 7 heteroatoms. The summed E-state index contributed by atoms with van der Waals surface area (Å²) in [6.07, 6.45) is 1.37. The Balaban J connectivity index is 2.19. The van der Waals surface area contributed by atoms with Crippen LogP contribution in [-0.4, -0.2) is 20.3 Å². The van der Waals surface area contributed by atoms with Crippen LogP contribution in [0, 0.1) is 5.95 Å². The van der Waals surface area contributed by atoms with Crippen LogP contribution in [0.15, 0.2) is 36.5 Å². The van der Waals surface area contributed by atoms with Gasteiger partial charge in [0.2, 0.25) is 5.95 Å². The largest absolute Gasteiger partial charge is 0.491 e. The van der Waals surface area contributed by atoms with Gasteiger partial charge in [-0.15, -0.1) is 3.89 Å². The molecule has 2 aromatic heterocycles. The smallest absolute Gasteiger partial charge is 0.213 e. The van der Waals surface area contributed by atoms with Crippen molar-refractivity contribution >= 4 is 23.2 Å². The Labute approximate surface area is 130 Å². The summed E-state index contributed by atoms with van der Waals surface area (Å²) >= 11 is -0.00689. The van der Waals surface area contributed by atoms with Crippen molar-refractivity contribution in [2.45, 2.75) is 20.0 Å². The first kappa shape index (κ1) is 14.8. The number of rotatable bonds is 4. The van der Waals surface area contributed by atoms with Crippen LogP contribution in [0.3, 0.4) is 0 Å². The highest BCUT2D eigenvalue weighted by molar-refractivity contribution is 7.92. The molecule has 0 aliphatic rings. The van der Waals surface area contributed by atoms with Crippen molar-refractivity contribution in [2.75, 3.05) is 0 Å². The van der Waals surface area contributed by atoms with E-state index < -0.39 is 5.95 Å². The summed E-state index contributed by atoms with van der Waals surface area (Å²) in [6.45, 7) is 3.84. The number of benzene rings is 1. The van der Waals surface area contributed by atoms with E-state index in [4.69, 9.17) is 4.74 Å². The zero-order chi connectivity index (χ0) is 15.7. The lowest BCUT2D eigenvalue weighted by molar-refractivity contribution is 0.243. The minimum absolute atomic E-state index is 0.00689. The van der Waals surface area contributed by atoms with Gasteiger partial charge in [-0.1, -0.05) is 0 Å². The molecule has 0 saturated carbocycles. The highest BCUT2D eigenvalue weighted by Gasteiger charge is 2.15. The molecule has 0 fully saturated rings. The third-order valence-electron chi connectivity index (χ3n) is 3.06. The summed E-state index contributed by atoms with van der Waals surface area (Å²) in [7, 11) is 0. The maximum atomic E-state index is 13.3. The number of hydrogen-bond acceptors (Lipinski definition) is 4.